The Bertz CT molecular complexity index is 618. The lowest BCUT2D eigenvalue weighted by Crippen LogP contribution is -2.30. The zero-order valence-electron chi connectivity index (χ0n) is 10.8. The molecule has 0 saturated heterocycles. The summed E-state index contributed by atoms with van der Waals surface area (Å²) in [6, 6.07) is 11.1. The highest BCUT2D eigenvalue weighted by Crippen LogP contribution is 2.31. The predicted molar refractivity (Wildman–Crippen MR) is 77.4 cm³/mol. The second-order valence-electron chi connectivity index (χ2n) is 4.49. The largest absolute Gasteiger partial charge is 0.369 e. The molecule has 0 radical (unpaired) electrons. The molecule has 1 aromatic carbocycles. The number of aromatic nitrogens is 1. The fourth-order valence-electron chi connectivity index (χ4n) is 2.27. The van der Waals surface area contributed by atoms with Crippen LogP contribution in [0.25, 0.3) is 0 Å². The highest BCUT2D eigenvalue weighted by Gasteiger charge is 2.34. The number of fused-ring (bicyclic) bond motifs is 1. The summed E-state index contributed by atoms with van der Waals surface area (Å²) in [5.74, 6) is 0.643. The maximum Gasteiger partial charge on any atom is 0.256 e. The van der Waals surface area contributed by atoms with Gasteiger partial charge in [0.05, 0.1) is 0 Å². The van der Waals surface area contributed by atoms with E-state index in [0.29, 0.717) is 17.7 Å². The van der Waals surface area contributed by atoms with Crippen molar-refractivity contribution in [3.8, 4) is 0 Å². The number of hydrogen-bond acceptors (Lipinski definition) is 4. The molecule has 5 heteroatoms. The monoisotopic (exact) mass is 286 g/mol. The Kier molecular flexibility index (Phi) is 3.71. The number of carbonyl (C=O) groups excluding carboxylic acids is 1. The molecule has 0 fully saturated rings. The van der Waals surface area contributed by atoms with Gasteiger partial charge in [0, 0.05) is 40.7 Å². The average molecular weight is 286 g/mol. The highest BCUT2D eigenvalue weighted by atomic mass is 32.2. The lowest BCUT2D eigenvalue weighted by atomic mass is 10.1. The molecule has 20 heavy (non-hydrogen) atoms. The zero-order chi connectivity index (χ0) is 13.9. The normalized spacial score (nSPS) is 17.4. The van der Waals surface area contributed by atoms with E-state index in [2.05, 4.69) is 4.98 Å². The van der Waals surface area contributed by atoms with Crippen molar-refractivity contribution in [1.82, 2.24) is 9.88 Å². The minimum Gasteiger partial charge on any atom is -0.369 e. The quantitative estimate of drug-likeness (QED) is 0.876. The van der Waals surface area contributed by atoms with Crippen molar-refractivity contribution in [3.05, 3.63) is 59.9 Å². The summed E-state index contributed by atoms with van der Waals surface area (Å²) < 4.78 is 0. The van der Waals surface area contributed by atoms with E-state index in [1.807, 2.05) is 24.3 Å². The van der Waals surface area contributed by atoms with Crippen LogP contribution in [0, 0.1) is 0 Å². The van der Waals surface area contributed by atoms with Crippen molar-refractivity contribution in [3.63, 3.8) is 0 Å². The van der Waals surface area contributed by atoms with Gasteiger partial charge in [0.1, 0.15) is 0 Å². The number of hydrogen-bond donors (Lipinski definition) is 1. The number of nitrogens with zero attached hydrogens (tertiary/aromatic N) is 2. The average Bonchev–Trinajstić information content (AvgIpc) is 2.74. The van der Waals surface area contributed by atoms with Gasteiger partial charge in [0.2, 0.25) is 0 Å². The second kappa shape index (κ2) is 5.64. The fraction of sp³-hybridized carbons (Fsp3) is 0.200. The third kappa shape index (κ3) is 2.42. The Morgan fingerprint density at radius 2 is 1.95 bits per heavy atom. The topological polar surface area (TPSA) is 53.4 Å². The van der Waals surface area contributed by atoms with Crippen molar-refractivity contribution in [1.29, 1.82) is 0 Å². The van der Waals surface area contributed by atoms with Gasteiger partial charge in [-0.1, -0.05) is 18.2 Å². The van der Waals surface area contributed by atoms with Gasteiger partial charge in [0.15, 0.2) is 6.23 Å². The first-order chi connectivity index (χ1) is 9.77. The molecule has 102 valence electrons. The van der Waals surface area contributed by atoms with Crippen LogP contribution in [0.1, 0.15) is 22.1 Å². The smallest absolute Gasteiger partial charge is 0.256 e. The number of pyridine rings is 1. The van der Waals surface area contributed by atoms with Crippen LogP contribution in [0.2, 0.25) is 0 Å². The Morgan fingerprint density at radius 1 is 1.20 bits per heavy atom. The van der Waals surface area contributed by atoms with Crippen LogP contribution in [0.3, 0.4) is 0 Å². The van der Waals surface area contributed by atoms with E-state index < -0.39 is 6.23 Å². The van der Waals surface area contributed by atoms with Crippen LogP contribution < -0.4 is 0 Å². The predicted octanol–water partition coefficient (Wildman–Crippen LogP) is 2.32. The first-order valence-electron chi connectivity index (χ1n) is 6.38. The van der Waals surface area contributed by atoms with Crippen molar-refractivity contribution in [2.24, 2.45) is 0 Å². The Labute approximate surface area is 121 Å². The molecule has 0 bridgehead atoms. The first kappa shape index (κ1) is 13.1. The van der Waals surface area contributed by atoms with Gasteiger partial charge in [-0.25, -0.2) is 0 Å². The highest BCUT2D eigenvalue weighted by molar-refractivity contribution is 7.99. The van der Waals surface area contributed by atoms with Crippen LogP contribution in [-0.2, 0) is 0 Å². The number of carbonyl (C=O) groups is 1. The van der Waals surface area contributed by atoms with E-state index in [4.69, 9.17) is 0 Å². The van der Waals surface area contributed by atoms with E-state index in [1.165, 1.54) is 4.90 Å². The van der Waals surface area contributed by atoms with Gasteiger partial charge in [-0.15, -0.1) is 11.8 Å². The Morgan fingerprint density at radius 3 is 2.70 bits per heavy atom. The molecule has 0 saturated carbocycles. The second-order valence-corrected chi connectivity index (χ2v) is 5.66. The number of amides is 1. The molecule has 1 aliphatic rings. The zero-order valence-corrected chi connectivity index (χ0v) is 11.6. The molecule has 3 rings (SSSR count). The summed E-state index contributed by atoms with van der Waals surface area (Å²) in [6.07, 6.45) is 2.67. The molecule has 0 aliphatic carbocycles. The maximum atomic E-state index is 12.2. The number of rotatable bonds is 4. The summed E-state index contributed by atoms with van der Waals surface area (Å²) >= 11 is 1.65. The molecule has 1 N–H and O–H groups in total. The fourth-order valence-corrected chi connectivity index (χ4v) is 3.11. The van der Waals surface area contributed by atoms with Crippen LogP contribution >= 0.6 is 11.8 Å². The Balaban J connectivity index is 1.64. The summed E-state index contributed by atoms with van der Waals surface area (Å²) in [5.41, 5.74) is 1.31. The maximum absolute atomic E-state index is 12.2. The van der Waals surface area contributed by atoms with Gasteiger partial charge in [-0.3, -0.25) is 9.78 Å². The van der Waals surface area contributed by atoms with E-state index in [0.717, 1.165) is 10.6 Å². The lowest BCUT2D eigenvalue weighted by Gasteiger charge is -2.20. The lowest BCUT2D eigenvalue weighted by molar-refractivity contribution is 0.0208. The van der Waals surface area contributed by atoms with Crippen LogP contribution in [-0.4, -0.2) is 33.2 Å². The summed E-state index contributed by atoms with van der Waals surface area (Å²) in [5, 5.41) is 10.2. The van der Waals surface area contributed by atoms with Gasteiger partial charge in [-0.2, -0.15) is 0 Å². The third-order valence-electron chi connectivity index (χ3n) is 3.28. The van der Waals surface area contributed by atoms with Crippen molar-refractivity contribution < 1.29 is 9.90 Å². The van der Waals surface area contributed by atoms with E-state index in [1.54, 1.807) is 36.3 Å². The molecular formula is C15H14N2O2S. The SMILES string of the molecule is O=C1c2ccccc2C(O)N1CCSc1ccncc1. The minimum absolute atomic E-state index is 0.0940. The summed E-state index contributed by atoms with van der Waals surface area (Å²) in [7, 11) is 0. The molecule has 4 nitrogen and oxygen atoms in total. The molecule has 1 unspecified atom stereocenters. The third-order valence-corrected chi connectivity index (χ3v) is 4.27. The van der Waals surface area contributed by atoms with Crippen LogP contribution in [0.5, 0.6) is 0 Å². The summed E-state index contributed by atoms with van der Waals surface area (Å²) in [6.45, 7) is 0.516. The summed E-state index contributed by atoms with van der Waals surface area (Å²) in [4.78, 5) is 18.8. The van der Waals surface area contributed by atoms with Crippen molar-refractivity contribution >= 4 is 17.7 Å². The van der Waals surface area contributed by atoms with Gasteiger partial charge in [-0.05, 0) is 18.2 Å². The Hall–Kier alpha value is -1.85. The number of thioether (sulfide) groups is 1. The van der Waals surface area contributed by atoms with Crippen molar-refractivity contribution in [2.75, 3.05) is 12.3 Å². The molecule has 1 aromatic heterocycles. The van der Waals surface area contributed by atoms with E-state index >= 15 is 0 Å². The standard InChI is InChI=1S/C15H14N2O2S/c18-14-12-3-1-2-4-13(12)15(19)17(14)9-10-20-11-5-7-16-8-6-11/h1-8,14,18H,9-10H2. The molecule has 2 heterocycles. The van der Waals surface area contributed by atoms with Crippen molar-refractivity contribution in [2.45, 2.75) is 11.1 Å². The molecule has 1 atom stereocenters. The molecule has 1 amide bonds. The molecule has 2 aromatic rings. The number of aliphatic hydroxyl groups excluding tert-OH is 1. The van der Waals surface area contributed by atoms with Gasteiger partial charge < -0.3 is 10.0 Å². The van der Waals surface area contributed by atoms with Crippen LogP contribution in [0.15, 0.2) is 53.7 Å². The van der Waals surface area contributed by atoms with Gasteiger partial charge in [0.25, 0.3) is 5.91 Å². The molecule has 0 spiro atoms. The van der Waals surface area contributed by atoms with E-state index in [-0.39, 0.29) is 5.91 Å². The first-order valence-corrected chi connectivity index (χ1v) is 7.37. The number of aliphatic hydroxyl groups is 1. The van der Waals surface area contributed by atoms with Crippen LogP contribution in [0.4, 0.5) is 0 Å². The molecule has 1 aliphatic heterocycles. The molecular weight excluding hydrogens is 272 g/mol. The minimum atomic E-state index is -0.822. The van der Waals surface area contributed by atoms with Gasteiger partial charge >= 0.3 is 0 Å². The van der Waals surface area contributed by atoms with E-state index in [9.17, 15) is 9.90 Å². The number of benzene rings is 1.